The summed E-state index contributed by atoms with van der Waals surface area (Å²) in [5.41, 5.74) is 6.86. The number of amides is 1. The SMILES string of the molecule is CC(=O)NC1(c2nc3ccc(/C=C/C(=O)O)cc3n2C)CC(C2CCC(c3c(-c4ncc(Br)cn4)n(C)c4cc(C)ccc34)C2)C1. The van der Waals surface area contributed by atoms with E-state index in [9.17, 15) is 9.59 Å². The van der Waals surface area contributed by atoms with Gasteiger partial charge in [-0.3, -0.25) is 4.79 Å². The zero-order valence-corrected chi connectivity index (χ0v) is 28.0. The average molecular weight is 682 g/mol. The fourth-order valence-corrected chi connectivity index (χ4v) is 8.36. The predicted octanol–water partition coefficient (Wildman–Crippen LogP) is 7.02. The Morgan fingerprint density at radius 3 is 2.50 bits per heavy atom. The number of carboxylic acids is 1. The summed E-state index contributed by atoms with van der Waals surface area (Å²) in [5, 5.41) is 13.6. The van der Waals surface area contributed by atoms with E-state index in [1.165, 1.54) is 22.0 Å². The van der Waals surface area contributed by atoms with Gasteiger partial charge in [-0.2, -0.15) is 0 Å². The van der Waals surface area contributed by atoms with Crippen LogP contribution in [0.15, 0.2) is 59.3 Å². The number of aliphatic carboxylic acids is 1. The first-order valence-corrected chi connectivity index (χ1v) is 16.6. The van der Waals surface area contributed by atoms with Gasteiger partial charge in [-0.1, -0.05) is 18.2 Å². The molecule has 236 valence electrons. The molecule has 5 aromatic rings. The van der Waals surface area contributed by atoms with Crippen molar-refractivity contribution in [1.82, 2.24) is 29.4 Å². The number of nitrogens with zero attached hydrogens (tertiary/aromatic N) is 5. The van der Waals surface area contributed by atoms with Gasteiger partial charge >= 0.3 is 5.97 Å². The van der Waals surface area contributed by atoms with Gasteiger partial charge in [-0.25, -0.2) is 19.7 Å². The molecular formula is C36H37BrN6O3. The fourth-order valence-electron chi connectivity index (χ4n) is 8.15. The Bertz CT molecular complexity index is 2040. The van der Waals surface area contributed by atoms with E-state index in [4.69, 9.17) is 20.1 Å². The second kappa shape index (κ2) is 11.5. The third kappa shape index (κ3) is 5.22. The van der Waals surface area contributed by atoms with Crippen LogP contribution in [0.25, 0.3) is 39.5 Å². The number of carboxylic acid groups (broad SMARTS) is 1. The summed E-state index contributed by atoms with van der Waals surface area (Å²) in [6.45, 7) is 3.71. The lowest BCUT2D eigenvalue weighted by Crippen LogP contribution is -2.56. The predicted molar refractivity (Wildman–Crippen MR) is 182 cm³/mol. The quantitative estimate of drug-likeness (QED) is 0.179. The molecule has 1 amide bonds. The molecule has 0 saturated heterocycles. The van der Waals surface area contributed by atoms with Gasteiger partial charge in [0, 0.05) is 50.4 Å². The zero-order chi connectivity index (χ0) is 32.3. The molecule has 3 aromatic heterocycles. The number of fused-ring (bicyclic) bond motifs is 2. The Morgan fingerprint density at radius 2 is 1.78 bits per heavy atom. The number of rotatable bonds is 7. The molecule has 2 aliphatic carbocycles. The number of hydrogen-bond donors (Lipinski definition) is 2. The van der Waals surface area contributed by atoms with Crippen LogP contribution in [0.3, 0.4) is 0 Å². The minimum Gasteiger partial charge on any atom is -0.478 e. The molecule has 2 atom stereocenters. The Morgan fingerprint density at radius 1 is 1.02 bits per heavy atom. The second-order valence-electron chi connectivity index (χ2n) is 13.2. The molecule has 2 saturated carbocycles. The van der Waals surface area contributed by atoms with Crippen molar-refractivity contribution in [1.29, 1.82) is 0 Å². The number of hydrogen-bond acceptors (Lipinski definition) is 5. The third-order valence-electron chi connectivity index (χ3n) is 10.2. The van der Waals surface area contributed by atoms with E-state index in [1.54, 1.807) is 13.0 Å². The summed E-state index contributed by atoms with van der Waals surface area (Å²) in [7, 11) is 4.10. The highest BCUT2D eigenvalue weighted by Gasteiger charge is 2.52. The largest absolute Gasteiger partial charge is 0.478 e. The minimum atomic E-state index is -0.988. The van der Waals surface area contributed by atoms with E-state index in [-0.39, 0.29) is 5.91 Å². The topological polar surface area (TPSA) is 115 Å². The molecule has 0 bridgehead atoms. The number of carbonyl (C=O) groups is 2. The van der Waals surface area contributed by atoms with E-state index in [1.807, 2.05) is 37.6 Å². The number of benzene rings is 2. The van der Waals surface area contributed by atoms with Crippen LogP contribution >= 0.6 is 15.9 Å². The van der Waals surface area contributed by atoms with Gasteiger partial charge in [0.1, 0.15) is 5.82 Å². The Hall–Kier alpha value is -4.31. The first-order chi connectivity index (χ1) is 22.0. The maximum Gasteiger partial charge on any atom is 0.328 e. The van der Waals surface area contributed by atoms with Crippen molar-refractivity contribution in [3.63, 3.8) is 0 Å². The molecule has 2 unspecified atom stereocenters. The smallest absolute Gasteiger partial charge is 0.328 e. The van der Waals surface area contributed by atoms with E-state index in [0.717, 1.165) is 76.6 Å². The molecule has 2 N–H and O–H groups in total. The molecule has 0 aliphatic heterocycles. The molecule has 7 rings (SSSR count). The number of aryl methyl sites for hydroxylation is 3. The van der Waals surface area contributed by atoms with Gasteiger partial charge in [0.05, 0.1) is 26.7 Å². The van der Waals surface area contributed by atoms with Crippen molar-refractivity contribution in [2.75, 3.05) is 0 Å². The van der Waals surface area contributed by atoms with Crippen LogP contribution in [0.5, 0.6) is 0 Å². The maximum atomic E-state index is 12.5. The lowest BCUT2D eigenvalue weighted by Gasteiger charge is -2.49. The van der Waals surface area contributed by atoms with E-state index < -0.39 is 11.5 Å². The van der Waals surface area contributed by atoms with E-state index >= 15 is 0 Å². The van der Waals surface area contributed by atoms with Crippen molar-refractivity contribution in [3.8, 4) is 11.5 Å². The molecule has 2 aliphatic rings. The van der Waals surface area contributed by atoms with Crippen LogP contribution in [0.4, 0.5) is 0 Å². The molecule has 9 nitrogen and oxygen atoms in total. The van der Waals surface area contributed by atoms with Gasteiger partial charge in [-0.15, -0.1) is 0 Å². The molecule has 3 heterocycles. The number of aromatic nitrogens is 5. The molecular weight excluding hydrogens is 644 g/mol. The van der Waals surface area contributed by atoms with Crippen LogP contribution in [-0.4, -0.2) is 41.1 Å². The van der Waals surface area contributed by atoms with Crippen LogP contribution in [0.2, 0.25) is 0 Å². The Kier molecular flexibility index (Phi) is 7.58. The monoisotopic (exact) mass is 680 g/mol. The highest BCUT2D eigenvalue weighted by Crippen LogP contribution is 2.56. The van der Waals surface area contributed by atoms with Crippen LogP contribution in [0, 0.1) is 18.8 Å². The number of halogens is 1. The van der Waals surface area contributed by atoms with Crippen molar-refractivity contribution in [2.24, 2.45) is 25.9 Å². The summed E-state index contributed by atoms with van der Waals surface area (Å²) in [6.07, 6.45) is 11.3. The van der Waals surface area contributed by atoms with E-state index in [0.29, 0.717) is 17.8 Å². The highest BCUT2D eigenvalue weighted by molar-refractivity contribution is 9.10. The normalized spacial score (nSPS) is 22.9. The Labute approximate surface area is 275 Å². The zero-order valence-electron chi connectivity index (χ0n) is 26.4. The lowest BCUT2D eigenvalue weighted by atomic mass is 9.62. The van der Waals surface area contributed by atoms with Gasteiger partial charge < -0.3 is 19.6 Å². The number of carbonyl (C=O) groups excluding carboxylic acids is 1. The Balaban J connectivity index is 1.18. The molecule has 0 spiro atoms. The van der Waals surface area contributed by atoms with Gasteiger partial charge in [-0.05, 0) is 114 Å². The van der Waals surface area contributed by atoms with Crippen LogP contribution in [0.1, 0.15) is 67.5 Å². The van der Waals surface area contributed by atoms with Gasteiger partial charge in [0.25, 0.3) is 0 Å². The lowest BCUT2D eigenvalue weighted by molar-refractivity contribution is -0.131. The molecule has 46 heavy (non-hydrogen) atoms. The summed E-state index contributed by atoms with van der Waals surface area (Å²) >= 11 is 3.49. The second-order valence-corrected chi connectivity index (χ2v) is 14.1. The van der Waals surface area contributed by atoms with Crippen molar-refractivity contribution < 1.29 is 14.7 Å². The summed E-state index contributed by atoms with van der Waals surface area (Å²) in [6, 6.07) is 12.4. The van der Waals surface area contributed by atoms with Crippen molar-refractivity contribution in [2.45, 2.75) is 57.4 Å². The molecule has 2 aromatic carbocycles. The third-order valence-corrected chi connectivity index (χ3v) is 10.6. The average Bonchev–Trinajstić information content (AvgIpc) is 3.69. The fraction of sp³-hybridized carbons (Fsp3) is 0.361. The summed E-state index contributed by atoms with van der Waals surface area (Å²) in [5.74, 6) is 1.94. The first-order valence-electron chi connectivity index (χ1n) is 15.8. The molecule has 2 fully saturated rings. The number of nitrogens with one attached hydrogen (secondary N) is 1. The van der Waals surface area contributed by atoms with Crippen LogP contribution in [-0.2, 0) is 29.2 Å². The summed E-state index contributed by atoms with van der Waals surface area (Å²) < 4.78 is 5.17. The van der Waals surface area contributed by atoms with Gasteiger partial charge in [0.15, 0.2) is 5.82 Å². The highest BCUT2D eigenvalue weighted by atomic mass is 79.9. The van der Waals surface area contributed by atoms with Crippen molar-refractivity contribution >= 4 is 55.8 Å². The van der Waals surface area contributed by atoms with Gasteiger partial charge in [0.2, 0.25) is 5.91 Å². The summed E-state index contributed by atoms with van der Waals surface area (Å²) in [4.78, 5) is 38.0. The molecule has 0 radical (unpaired) electrons. The first kappa shape index (κ1) is 30.3. The van der Waals surface area contributed by atoms with Crippen molar-refractivity contribution in [3.05, 3.63) is 81.9 Å². The molecule has 10 heteroatoms. The number of imidazole rings is 1. The minimum absolute atomic E-state index is 0.0647. The van der Waals surface area contributed by atoms with Crippen LogP contribution < -0.4 is 5.32 Å². The maximum absolute atomic E-state index is 12.5. The standard InChI is InChI=1S/C36H37BrN6O3/c1-20-5-10-27-29(13-20)42(3)33(34-38-18-26(37)19-39-34)32(27)24-9-8-23(15-24)25-16-36(17-25,41-21(2)44)35-40-28-11-6-22(7-12-31(45)46)14-30(28)43(35)4/h5-7,10-14,18-19,23-25H,8-9,15-17H2,1-4H3,(H,41,44)(H,45,46)/b12-7+. The van der Waals surface area contributed by atoms with E-state index in [2.05, 4.69) is 62.6 Å².